The molecule has 12 heteroatoms. The number of ether oxygens (including phenoxy) is 8. The lowest BCUT2D eigenvalue weighted by Gasteiger charge is -2.13. The van der Waals surface area contributed by atoms with Crippen LogP contribution in [0.15, 0.2) is 128 Å². The van der Waals surface area contributed by atoms with Crippen LogP contribution >= 0.6 is 0 Å². The summed E-state index contributed by atoms with van der Waals surface area (Å²) >= 11 is 0. The highest BCUT2D eigenvalue weighted by Gasteiger charge is 2.18. The Labute approximate surface area is 431 Å². The third-order valence-electron chi connectivity index (χ3n) is 11.5. The second kappa shape index (κ2) is 33.2. The van der Waals surface area contributed by atoms with Crippen molar-refractivity contribution in [2.75, 3.05) is 46.2 Å². The van der Waals surface area contributed by atoms with Gasteiger partial charge in [-0.25, -0.2) is 19.2 Å². The molecule has 0 saturated carbocycles. The lowest BCUT2D eigenvalue weighted by atomic mass is 10.1. The van der Waals surface area contributed by atoms with Crippen molar-refractivity contribution in [2.45, 2.75) is 103 Å². The van der Waals surface area contributed by atoms with Crippen molar-refractivity contribution in [3.05, 3.63) is 151 Å². The summed E-state index contributed by atoms with van der Waals surface area (Å²) in [7, 11) is 0. The number of hydrogen-bond acceptors (Lipinski definition) is 12. The van der Waals surface area contributed by atoms with Gasteiger partial charge in [0.25, 0.3) is 0 Å². The van der Waals surface area contributed by atoms with Gasteiger partial charge in [-0.2, -0.15) is 0 Å². The van der Waals surface area contributed by atoms with Crippen LogP contribution in [0.4, 0.5) is 0 Å². The van der Waals surface area contributed by atoms with E-state index in [-0.39, 0.29) is 23.9 Å². The summed E-state index contributed by atoms with van der Waals surface area (Å²) in [6.07, 6.45) is 15.7. The third kappa shape index (κ3) is 21.8. The molecule has 73 heavy (non-hydrogen) atoms. The minimum atomic E-state index is -0.575. The number of hydrogen-bond donors (Lipinski definition) is 0. The summed E-state index contributed by atoms with van der Waals surface area (Å²) < 4.78 is 45.1. The smallest absolute Gasteiger partial charge is 0.343 e. The van der Waals surface area contributed by atoms with E-state index in [1.54, 1.807) is 36.4 Å². The van der Waals surface area contributed by atoms with Crippen molar-refractivity contribution in [1.82, 2.24) is 0 Å². The molecule has 0 atom stereocenters. The Kier molecular flexibility index (Phi) is 25.6. The first-order valence-electron chi connectivity index (χ1n) is 25.6. The molecule has 0 bridgehead atoms. The van der Waals surface area contributed by atoms with Gasteiger partial charge in [-0.15, -0.1) is 0 Å². The fraction of sp³-hybridized carbons (Fsp3) is 0.377. The molecular formula is C61H70O12. The Hall–Kier alpha value is -7.52. The van der Waals surface area contributed by atoms with Gasteiger partial charge in [0.05, 0.1) is 51.8 Å². The predicted octanol–water partition coefficient (Wildman–Crippen LogP) is 13.2. The maximum absolute atomic E-state index is 13.2. The highest BCUT2D eigenvalue weighted by Crippen LogP contribution is 2.28. The van der Waals surface area contributed by atoms with Gasteiger partial charge < -0.3 is 37.9 Å². The molecule has 0 fully saturated rings. The number of benzene rings is 5. The molecule has 0 unspecified atom stereocenters. The molecular weight excluding hydrogens is 925 g/mol. The summed E-state index contributed by atoms with van der Waals surface area (Å²) in [5, 5.41) is 2.18. The van der Waals surface area contributed by atoms with Crippen LogP contribution in [-0.4, -0.2) is 70.1 Å². The van der Waals surface area contributed by atoms with Gasteiger partial charge in [-0.3, -0.25) is 0 Å². The fourth-order valence-corrected chi connectivity index (χ4v) is 7.36. The van der Waals surface area contributed by atoms with E-state index < -0.39 is 17.9 Å². The maximum Gasteiger partial charge on any atom is 0.343 e. The minimum absolute atomic E-state index is 0.200. The fourth-order valence-electron chi connectivity index (χ4n) is 7.36. The zero-order chi connectivity index (χ0) is 51.7. The molecule has 5 aromatic carbocycles. The van der Waals surface area contributed by atoms with E-state index in [0.29, 0.717) is 56.7 Å². The molecule has 0 amide bonds. The van der Waals surface area contributed by atoms with Gasteiger partial charge in [0.2, 0.25) is 0 Å². The Morgan fingerprint density at radius 1 is 0.425 bits per heavy atom. The van der Waals surface area contributed by atoms with Gasteiger partial charge in [0, 0.05) is 23.3 Å². The van der Waals surface area contributed by atoms with Crippen LogP contribution in [0, 0.1) is 11.8 Å². The zero-order valence-corrected chi connectivity index (χ0v) is 42.3. The van der Waals surface area contributed by atoms with Crippen LogP contribution in [-0.2, 0) is 23.8 Å². The first-order valence-corrected chi connectivity index (χ1v) is 25.6. The largest absolute Gasteiger partial charge is 0.494 e. The minimum Gasteiger partial charge on any atom is -0.494 e. The average molecular weight is 995 g/mol. The van der Waals surface area contributed by atoms with Crippen molar-refractivity contribution in [3.8, 4) is 40.6 Å². The molecule has 0 saturated heterocycles. The summed E-state index contributed by atoms with van der Waals surface area (Å²) in [5.41, 5.74) is 2.36. The number of carbonyl (C=O) groups excluding carboxylic acids is 4. The second-order valence-electron chi connectivity index (χ2n) is 17.3. The van der Waals surface area contributed by atoms with Crippen molar-refractivity contribution in [3.63, 3.8) is 0 Å². The molecule has 0 aromatic heterocycles. The van der Waals surface area contributed by atoms with Gasteiger partial charge >= 0.3 is 23.9 Å². The quantitative estimate of drug-likeness (QED) is 0.00967. The van der Waals surface area contributed by atoms with Crippen LogP contribution in [0.3, 0.4) is 0 Å². The van der Waals surface area contributed by atoms with E-state index in [1.807, 2.05) is 36.4 Å². The average Bonchev–Trinajstić information content (AvgIpc) is 3.41. The lowest BCUT2D eigenvalue weighted by molar-refractivity contribution is -0.138. The normalized spacial score (nSPS) is 10.6. The van der Waals surface area contributed by atoms with Gasteiger partial charge in [-0.05, 0) is 185 Å². The second-order valence-corrected chi connectivity index (χ2v) is 17.3. The van der Waals surface area contributed by atoms with Crippen LogP contribution in [0.2, 0.25) is 0 Å². The Morgan fingerprint density at radius 2 is 0.877 bits per heavy atom. The van der Waals surface area contributed by atoms with E-state index in [0.717, 1.165) is 136 Å². The molecule has 0 spiro atoms. The number of unbranched alkanes of at least 4 members (excludes halogenated alkanes) is 11. The molecule has 386 valence electrons. The zero-order valence-electron chi connectivity index (χ0n) is 42.3. The molecule has 12 nitrogen and oxygen atoms in total. The standard InChI is InChI=1S/C61H70O12/c1-4-7-14-43-72-61(65)56-46-55(73-60(64)49-27-32-53(33-28-49)67-38-16-9-12-19-41-70-58(62)5-2)35-36-57(56)69-40-18-11-8-15-37-66-52-30-24-47(25-31-52)21-22-48-23-26-51-45-54(34-29-50(51)44-48)68-39-17-10-13-20-42-71-59(63)6-3/h5-6,23-36,44-46H,2-4,7-20,37-43H2,1H3. The molecule has 0 aliphatic rings. The molecule has 5 aromatic rings. The SMILES string of the molecule is C=CC(=O)OCCCCCCOc1ccc(C(=O)Oc2ccc(OCCCCCCOc3ccc(C#Cc4ccc5cc(OCCCCCCOC(=O)C=C)ccc5c4)cc3)c(C(=O)OCCCCC)c2)cc1. The van der Waals surface area contributed by atoms with Crippen molar-refractivity contribution in [1.29, 1.82) is 0 Å². The van der Waals surface area contributed by atoms with Crippen molar-refractivity contribution in [2.24, 2.45) is 0 Å². The molecule has 0 radical (unpaired) electrons. The van der Waals surface area contributed by atoms with E-state index in [4.69, 9.17) is 37.9 Å². The first kappa shape index (κ1) is 56.4. The van der Waals surface area contributed by atoms with E-state index in [9.17, 15) is 19.2 Å². The van der Waals surface area contributed by atoms with Gasteiger partial charge in [-0.1, -0.05) is 56.9 Å². The predicted molar refractivity (Wildman–Crippen MR) is 284 cm³/mol. The van der Waals surface area contributed by atoms with Crippen LogP contribution < -0.4 is 23.7 Å². The van der Waals surface area contributed by atoms with E-state index in [2.05, 4.69) is 56.2 Å². The van der Waals surface area contributed by atoms with Crippen LogP contribution in [0.25, 0.3) is 10.8 Å². The highest BCUT2D eigenvalue weighted by atomic mass is 16.5. The number of carbonyl (C=O) groups is 4. The maximum atomic E-state index is 13.2. The number of fused-ring (bicyclic) bond motifs is 1. The molecule has 5 rings (SSSR count). The summed E-state index contributed by atoms with van der Waals surface area (Å²) in [5.74, 6) is 7.47. The Morgan fingerprint density at radius 3 is 1.47 bits per heavy atom. The van der Waals surface area contributed by atoms with Gasteiger partial charge in [0.1, 0.15) is 34.3 Å². The number of rotatable bonds is 34. The number of esters is 4. The monoisotopic (exact) mass is 994 g/mol. The Balaban J connectivity index is 0.984. The van der Waals surface area contributed by atoms with E-state index >= 15 is 0 Å². The Bertz CT molecular complexity index is 2570. The summed E-state index contributed by atoms with van der Waals surface area (Å²) in [6, 6.07) is 31.5. The summed E-state index contributed by atoms with van der Waals surface area (Å²) in [4.78, 5) is 48.5. The van der Waals surface area contributed by atoms with Crippen molar-refractivity contribution < 1.29 is 57.1 Å². The van der Waals surface area contributed by atoms with Crippen LogP contribution in [0.1, 0.15) is 135 Å². The van der Waals surface area contributed by atoms with Gasteiger partial charge in [0.15, 0.2) is 0 Å². The van der Waals surface area contributed by atoms with Crippen LogP contribution in [0.5, 0.6) is 28.7 Å². The van der Waals surface area contributed by atoms with E-state index in [1.165, 1.54) is 12.1 Å². The third-order valence-corrected chi connectivity index (χ3v) is 11.5. The highest BCUT2D eigenvalue weighted by molar-refractivity contribution is 5.94. The lowest BCUT2D eigenvalue weighted by Crippen LogP contribution is -2.12. The topological polar surface area (TPSA) is 142 Å². The molecule has 0 N–H and O–H groups in total. The first-order chi connectivity index (χ1) is 35.7. The summed E-state index contributed by atoms with van der Waals surface area (Å²) in [6.45, 7) is 12.1. The molecule has 0 heterocycles. The molecule has 0 aliphatic carbocycles. The van der Waals surface area contributed by atoms with Crippen molar-refractivity contribution >= 4 is 34.6 Å². The molecule has 0 aliphatic heterocycles.